The van der Waals surface area contributed by atoms with Crippen LogP contribution in [0.25, 0.3) is 60.4 Å². The van der Waals surface area contributed by atoms with Crippen molar-refractivity contribution in [3.8, 4) is 28.3 Å². The molecule has 0 radical (unpaired) electrons. The first-order chi connectivity index (χ1) is 23.7. The van der Waals surface area contributed by atoms with Crippen LogP contribution in [0.1, 0.15) is 22.3 Å². The number of hydrogen-bond donors (Lipinski definition) is 0. The number of fused-ring (bicyclic) bond motifs is 16. The normalized spacial score (nSPS) is 13.8. The van der Waals surface area contributed by atoms with E-state index in [4.69, 9.17) is 9.15 Å². The SMILES string of the molecule is O=c1oc2ccccc2c2ccc(-n3c4ccccc4c4ccc5c(c43)Oc3ccccc3C53c4ccccc4-c4ccccc43)cc12. The molecule has 0 saturated carbocycles. The van der Waals surface area contributed by atoms with Crippen LogP contribution in [0.2, 0.25) is 0 Å². The Morgan fingerprint density at radius 3 is 1.96 bits per heavy atom. The van der Waals surface area contributed by atoms with Crippen molar-refractivity contribution in [2.24, 2.45) is 0 Å². The van der Waals surface area contributed by atoms with Crippen molar-refractivity contribution in [3.05, 3.63) is 184 Å². The molecule has 0 fully saturated rings. The van der Waals surface area contributed by atoms with Gasteiger partial charge in [0.05, 0.1) is 21.8 Å². The van der Waals surface area contributed by atoms with E-state index in [9.17, 15) is 4.79 Å². The number of ether oxygens (including phenoxy) is 1. The maximum atomic E-state index is 13.4. The molecular formula is C44H25NO3. The zero-order chi connectivity index (χ0) is 31.6. The van der Waals surface area contributed by atoms with Crippen molar-refractivity contribution in [1.82, 2.24) is 4.57 Å². The number of nitrogens with zero attached hydrogens (tertiary/aromatic N) is 1. The van der Waals surface area contributed by atoms with E-state index in [0.717, 1.165) is 60.9 Å². The standard InChI is InChI=1S/C44H25NO3/c46-43-33-25-26(21-22-27(33)31-14-4-9-19-39(31)48-43)45-38-18-8-3-13-30(38)32-23-24-37-42(41(32)45)47-40-20-10-7-17-36(40)44(37)34-15-5-1-11-28(34)29-12-2-6-16-35(29)44/h1-25H. The Morgan fingerprint density at radius 1 is 0.500 bits per heavy atom. The lowest BCUT2D eigenvalue weighted by Gasteiger charge is -2.39. The van der Waals surface area contributed by atoms with E-state index in [1.807, 2.05) is 42.5 Å². The van der Waals surface area contributed by atoms with Crippen LogP contribution in [0, 0.1) is 0 Å². The highest BCUT2D eigenvalue weighted by Gasteiger charge is 2.51. The minimum atomic E-state index is -0.573. The summed E-state index contributed by atoms with van der Waals surface area (Å²) >= 11 is 0. The second-order valence-electron chi connectivity index (χ2n) is 12.7. The Kier molecular flexibility index (Phi) is 4.89. The predicted molar refractivity (Wildman–Crippen MR) is 192 cm³/mol. The van der Waals surface area contributed by atoms with Gasteiger partial charge in [0.15, 0.2) is 5.75 Å². The van der Waals surface area contributed by atoms with Gasteiger partial charge in [-0.05, 0) is 52.6 Å². The van der Waals surface area contributed by atoms with Crippen LogP contribution in [-0.4, -0.2) is 4.57 Å². The molecule has 11 rings (SSSR count). The molecule has 4 heteroatoms. The van der Waals surface area contributed by atoms with Gasteiger partial charge in [0.2, 0.25) is 0 Å². The molecule has 0 atom stereocenters. The highest BCUT2D eigenvalue weighted by molar-refractivity contribution is 6.13. The summed E-state index contributed by atoms with van der Waals surface area (Å²) < 4.78 is 15.1. The minimum Gasteiger partial charge on any atom is -0.454 e. The van der Waals surface area contributed by atoms with Gasteiger partial charge < -0.3 is 13.7 Å². The van der Waals surface area contributed by atoms with Crippen molar-refractivity contribution in [3.63, 3.8) is 0 Å². The molecule has 0 saturated heterocycles. The van der Waals surface area contributed by atoms with Crippen molar-refractivity contribution in [2.75, 3.05) is 0 Å². The fourth-order valence-electron chi connectivity index (χ4n) is 8.64. The molecule has 1 spiro atoms. The fourth-order valence-corrected chi connectivity index (χ4v) is 8.64. The summed E-state index contributed by atoms with van der Waals surface area (Å²) in [6, 6.07) is 52.8. The molecule has 3 heterocycles. The number of benzene rings is 7. The van der Waals surface area contributed by atoms with E-state index >= 15 is 0 Å². The largest absolute Gasteiger partial charge is 0.454 e. The number of para-hydroxylation sites is 3. The second kappa shape index (κ2) is 9.11. The monoisotopic (exact) mass is 615 g/mol. The second-order valence-corrected chi connectivity index (χ2v) is 12.7. The molecule has 0 unspecified atom stereocenters. The Hall–Kier alpha value is -6.39. The van der Waals surface area contributed by atoms with Gasteiger partial charge in [-0.2, -0.15) is 0 Å². The third kappa shape index (κ3) is 3.07. The summed E-state index contributed by atoms with van der Waals surface area (Å²) in [6.07, 6.45) is 0. The topological polar surface area (TPSA) is 44.4 Å². The molecule has 2 aromatic heterocycles. The molecule has 9 aromatic rings. The molecule has 0 bridgehead atoms. The van der Waals surface area contributed by atoms with E-state index in [2.05, 4.69) is 114 Å². The Labute approximate surface area is 274 Å². The average Bonchev–Trinajstić information content (AvgIpc) is 3.63. The number of hydrogen-bond acceptors (Lipinski definition) is 3. The zero-order valence-corrected chi connectivity index (χ0v) is 25.6. The smallest absolute Gasteiger partial charge is 0.344 e. The maximum Gasteiger partial charge on any atom is 0.344 e. The summed E-state index contributed by atoms with van der Waals surface area (Å²) in [5, 5.41) is 4.53. The number of aromatic nitrogens is 1. The highest BCUT2D eigenvalue weighted by Crippen LogP contribution is 2.63. The third-order valence-electron chi connectivity index (χ3n) is 10.5. The average molecular weight is 616 g/mol. The van der Waals surface area contributed by atoms with E-state index in [1.165, 1.54) is 22.3 Å². The van der Waals surface area contributed by atoms with Gasteiger partial charge in [-0.15, -0.1) is 0 Å². The molecule has 1 aliphatic heterocycles. The first-order valence-corrected chi connectivity index (χ1v) is 16.2. The van der Waals surface area contributed by atoms with E-state index < -0.39 is 5.41 Å². The summed E-state index contributed by atoms with van der Waals surface area (Å²) in [5.74, 6) is 1.66. The molecule has 1 aliphatic carbocycles. The van der Waals surface area contributed by atoms with E-state index in [0.29, 0.717) is 11.0 Å². The van der Waals surface area contributed by atoms with Crippen molar-refractivity contribution in [2.45, 2.75) is 5.41 Å². The quantitative estimate of drug-likeness (QED) is 0.136. The Balaban J connectivity index is 1.30. The summed E-state index contributed by atoms with van der Waals surface area (Å²) in [7, 11) is 0. The minimum absolute atomic E-state index is 0.350. The Bertz CT molecular complexity index is 2860. The molecule has 4 nitrogen and oxygen atoms in total. The van der Waals surface area contributed by atoms with Gasteiger partial charge in [0.25, 0.3) is 0 Å². The molecule has 2 aliphatic rings. The van der Waals surface area contributed by atoms with Crippen LogP contribution in [0.5, 0.6) is 11.5 Å². The van der Waals surface area contributed by atoms with Crippen LogP contribution >= 0.6 is 0 Å². The van der Waals surface area contributed by atoms with Gasteiger partial charge in [0, 0.05) is 38.4 Å². The summed E-state index contributed by atoms with van der Waals surface area (Å²) in [4.78, 5) is 13.4. The fraction of sp³-hybridized carbons (Fsp3) is 0.0227. The van der Waals surface area contributed by atoms with Crippen LogP contribution < -0.4 is 10.4 Å². The lowest BCUT2D eigenvalue weighted by molar-refractivity contribution is 0.440. The van der Waals surface area contributed by atoms with Crippen LogP contribution in [0.3, 0.4) is 0 Å². The Morgan fingerprint density at radius 2 is 1.15 bits per heavy atom. The van der Waals surface area contributed by atoms with Gasteiger partial charge >= 0.3 is 5.63 Å². The first-order valence-electron chi connectivity index (χ1n) is 16.2. The molecule has 224 valence electrons. The predicted octanol–water partition coefficient (Wildman–Crippen LogP) is 10.5. The van der Waals surface area contributed by atoms with Crippen LogP contribution in [-0.2, 0) is 5.41 Å². The van der Waals surface area contributed by atoms with Gasteiger partial charge in [0.1, 0.15) is 11.3 Å². The maximum absolute atomic E-state index is 13.4. The van der Waals surface area contributed by atoms with Crippen molar-refractivity contribution < 1.29 is 9.15 Å². The third-order valence-corrected chi connectivity index (χ3v) is 10.5. The molecule has 7 aromatic carbocycles. The zero-order valence-electron chi connectivity index (χ0n) is 25.6. The first kappa shape index (κ1) is 25.8. The molecule has 0 amide bonds. The molecular weight excluding hydrogens is 590 g/mol. The van der Waals surface area contributed by atoms with E-state index in [-0.39, 0.29) is 5.63 Å². The lowest BCUT2D eigenvalue weighted by atomic mass is 9.66. The van der Waals surface area contributed by atoms with Crippen molar-refractivity contribution >= 4 is 43.5 Å². The summed E-state index contributed by atoms with van der Waals surface area (Å²) in [5.41, 5.74) is 9.75. The molecule has 48 heavy (non-hydrogen) atoms. The van der Waals surface area contributed by atoms with Gasteiger partial charge in [-0.3, -0.25) is 0 Å². The van der Waals surface area contributed by atoms with Crippen molar-refractivity contribution in [1.29, 1.82) is 0 Å². The highest BCUT2D eigenvalue weighted by atomic mass is 16.5. The van der Waals surface area contributed by atoms with Gasteiger partial charge in [-0.1, -0.05) is 121 Å². The molecule has 0 N–H and O–H groups in total. The van der Waals surface area contributed by atoms with Crippen LogP contribution in [0.15, 0.2) is 161 Å². The van der Waals surface area contributed by atoms with E-state index in [1.54, 1.807) is 0 Å². The summed E-state index contributed by atoms with van der Waals surface area (Å²) in [6.45, 7) is 0. The number of rotatable bonds is 1. The lowest BCUT2D eigenvalue weighted by Crippen LogP contribution is -2.32. The van der Waals surface area contributed by atoms with Crippen LogP contribution in [0.4, 0.5) is 0 Å². The van der Waals surface area contributed by atoms with Gasteiger partial charge in [-0.25, -0.2) is 4.79 Å².